The Hall–Kier alpha value is -1.94. The van der Waals surface area contributed by atoms with Crippen molar-refractivity contribution in [3.8, 4) is 5.69 Å². The van der Waals surface area contributed by atoms with Gasteiger partial charge in [0.1, 0.15) is 5.82 Å². The van der Waals surface area contributed by atoms with Crippen LogP contribution in [0.4, 0.5) is 4.39 Å². The van der Waals surface area contributed by atoms with Crippen LogP contribution in [0.1, 0.15) is 35.6 Å². The van der Waals surface area contributed by atoms with Crippen molar-refractivity contribution in [3.05, 3.63) is 53.1 Å². The molecule has 1 aromatic heterocycles. The zero-order valence-corrected chi connectivity index (χ0v) is 12.9. The number of nitrogens with zero attached hydrogens (tertiary/aromatic N) is 1. The predicted octanol–water partition coefficient (Wildman–Crippen LogP) is 3.41. The molecule has 1 aromatic carbocycles. The van der Waals surface area contributed by atoms with Gasteiger partial charge in [-0.3, -0.25) is 4.79 Å². The van der Waals surface area contributed by atoms with Gasteiger partial charge in [-0.2, -0.15) is 0 Å². The summed E-state index contributed by atoms with van der Waals surface area (Å²) in [5.41, 5.74) is 3.42. The molecule has 0 spiro atoms. The summed E-state index contributed by atoms with van der Waals surface area (Å²) in [5.74, 6) is -0.191. The number of carbonyl (C=O) groups excluding carboxylic acids is 1. The van der Waals surface area contributed by atoms with E-state index in [-0.39, 0.29) is 17.6 Å². The standard InChI is InChI=1S/C17H21FN2O/c1-11(2)19-10-17(21)16-9-12(3)20(13(16)4)15-7-5-14(18)6-8-15/h5-9,11,19H,10H2,1-4H3. The average Bonchev–Trinajstić information content (AvgIpc) is 2.73. The summed E-state index contributed by atoms with van der Waals surface area (Å²) in [6.07, 6.45) is 0. The fraction of sp³-hybridized carbons (Fsp3) is 0.353. The number of ketones is 1. The molecule has 0 atom stereocenters. The molecule has 2 rings (SSSR count). The lowest BCUT2D eigenvalue weighted by atomic mass is 10.1. The third kappa shape index (κ3) is 3.39. The van der Waals surface area contributed by atoms with Gasteiger partial charge in [0.15, 0.2) is 5.78 Å². The van der Waals surface area contributed by atoms with Gasteiger partial charge in [0.05, 0.1) is 6.54 Å². The predicted molar refractivity (Wildman–Crippen MR) is 82.7 cm³/mol. The Balaban J connectivity index is 2.33. The molecule has 0 bridgehead atoms. The number of aryl methyl sites for hydroxylation is 1. The van der Waals surface area contributed by atoms with Crippen molar-refractivity contribution in [2.45, 2.75) is 33.7 Å². The molecule has 21 heavy (non-hydrogen) atoms. The van der Waals surface area contributed by atoms with E-state index in [0.717, 1.165) is 17.1 Å². The first-order valence-corrected chi connectivity index (χ1v) is 7.11. The number of halogens is 1. The van der Waals surface area contributed by atoms with E-state index in [4.69, 9.17) is 0 Å². The summed E-state index contributed by atoms with van der Waals surface area (Å²) in [4.78, 5) is 12.3. The molecule has 1 N–H and O–H groups in total. The van der Waals surface area contributed by atoms with Gasteiger partial charge in [0, 0.05) is 28.7 Å². The van der Waals surface area contributed by atoms with E-state index < -0.39 is 0 Å². The highest BCUT2D eigenvalue weighted by Crippen LogP contribution is 2.21. The molecule has 0 saturated carbocycles. The van der Waals surface area contributed by atoms with E-state index in [1.54, 1.807) is 12.1 Å². The van der Waals surface area contributed by atoms with E-state index in [1.165, 1.54) is 12.1 Å². The number of aromatic nitrogens is 1. The van der Waals surface area contributed by atoms with Crippen LogP contribution in [-0.2, 0) is 0 Å². The van der Waals surface area contributed by atoms with Crippen LogP contribution < -0.4 is 5.32 Å². The fourth-order valence-corrected chi connectivity index (χ4v) is 2.42. The molecule has 0 radical (unpaired) electrons. The maximum absolute atomic E-state index is 13.0. The fourth-order valence-electron chi connectivity index (χ4n) is 2.42. The second-order valence-electron chi connectivity index (χ2n) is 5.56. The number of rotatable bonds is 5. The molecular weight excluding hydrogens is 267 g/mol. The van der Waals surface area contributed by atoms with Crippen LogP contribution in [-0.4, -0.2) is 22.9 Å². The van der Waals surface area contributed by atoms with Crippen LogP contribution in [0.3, 0.4) is 0 Å². The summed E-state index contributed by atoms with van der Waals surface area (Å²) in [6.45, 7) is 8.21. The molecule has 3 nitrogen and oxygen atoms in total. The number of benzene rings is 1. The van der Waals surface area contributed by atoms with Gasteiger partial charge in [-0.15, -0.1) is 0 Å². The Morgan fingerprint density at radius 3 is 2.43 bits per heavy atom. The number of carbonyl (C=O) groups is 1. The van der Waals surface area contributed by atoms with E-state index in [0.29, 0.717) is 12.1 Å². The van der Waals surface area contributed by atoms with Crippen LogP contribution in [0.15, 0.2) is 30.3 Å². The number of Topliss-reactive ketones (excluding diaryl/α,β-unsaturated/α-hetero) is 1. The summed E-state index contributed by atoms with van der Waals surface area (Å²) in [5, 5.41) is 3.14. The Labute approximate surface area is 124 Å². The van der Waals surface area contributed by atoms with Gasteiger partial charge in [-0.05, 0) is 44.2 Å². The first kappa shape index (κ1) is 15.4. The van der Waals surface area contributed by atoms with Gasteiger partial charge in [-0.25, -0.2) is 4.39 Å². The van der Waals surface area contributed by atoms with Crippen molar-refractivity contribution in [1.82, 2.24) is 9.88 Å². The molecular formula is C17H21FN2O. The van der Waals surface area contributed by atoms with Crippen LogP contribution in [0, 0.1) is 19.7 Å². The third-order valence-electron chi connectivity index (χ3n) is 3.49. The molecule has 0 unspecified atom stereocenters. The number of hydrogen-bond donors (Lipinski definition) is 1. The Morgan fingerprint density at radius 1 is 1.24 bits per heavy atom. The van der Waals surface area contributed by atoms with E-state index in [2.05, 4.69) is 5.32 Å². The van der Waals surface area contributed by atoms with Crippen molar-refractivity contribution in [2.24, 2.45) is 0 Å². The van der Waals surface area contributed by atoms with Gasteiger partial charge < -0.3 is 9.88 Å². The molecule has 112 valence electrons. The number of nitrogens with one attached hydrogen (secondary N) is 1. The lowest BCUT2D eigenvalue weighted by Crippen LogP contribution is -2.29. The van der Waals surface area contributed by atoms with E-state index in [9.17, 15) is 9.18 Å². The molecule has 0 aliphatic rings. The molecule has 0 fully saturated rings. The Morgan fingerprint density at radius 2 is 1.86 bits per heavy atom. The van der Waals surface area contributed by atoms with Crippen LogP contribution >= 0.6 is 0 Å². The van der Waals surface area contributed by atoms with Gasteiger partial charge >= 0.3 is 0 Å². The summed E-state index contributed by atoms with van der Waals surface area (Å²) >= 11 is 0. The monoisotopic (exact) mass is 288 g/mol. The quantitative estimate of drug-likeness (QED) is 0.855. The van der Waals surface area contributed by atoms with Crippen molar-refractivity contribution >= 4 is 5.78 Å². The minimum absolute atomic E-state index is 0.0742. The number of hydrogen-bond acceptors (Lipinski definition) is 2. The van der Waals surface area contributed by atoms with E-state index >= 15 is 0 Å². The van der Waals surface area contributed by atoms with Crippen molar-refractivity contribution in [3.63, 3.8) is 0 Å². The maximum atomic E-state index is 13.0. The topological polar surface area (TPSA) is 34.0 Å². The van der Waals surface area contributed by atoms with Crippen molar-refractivity contribution in [2.75, 3.05) is 6.54 Å². The molecule has 0 saturated heterocycles. The lowest BCUT2D eigenvalue weighted by molar-refractivity contribution is 0.0988. The molecule has 0 aliphatic carbocycles. The summed E-state index contributed by atoms with van der Waals surface area (Å²) < 4.78 is 15.0. The van der Waals surface area contributed by atoms with E-state index in [1.807, 2.05) is 38.3 Å². The highest BCUT2D eigenvalue weighted by molar-refractivity contribution is 5.99. The van der Waals surface area contributed by atoms with Gasteiger partial charge in [0.2, 0.25) is 0 Å². The minimum Gasteiger partial charge on any atom is -0.318 e. The molecule has 4 heteroatoms. The Bertz CT molecular complexity index is 642. The second-order valence-corrected chi connectivity index (χ2v) is 5.56. The van der Waals surface area contributed by atoms with Gasteiger partial charge in [-0.1, -0.05) is 13.8 Å². The second kappa shape index (κ2) is 6.22. The normalized spacial score (nSPS) is 11.1. The van der Waals surface area contributed by atoms with Crippen LogP contribution in [0.2, 0.25) is 0 Å². The van der Waals surface area contributed by atoms with Crippen LogP contribution in [0.5, 0.6) is 0 Å². The third-order valence-corrected chi connectivity index (χ3v) is 3.49. The zero-order chi connectivity index (χ0) is 15.6. The molecule has 0 amide bonds. The summed E-state index contributed by atoms with van der Waals surface area (Å²) in [7, 11) is 0. The first-order valence-electron chi connectivity index (χ1n) is 7.11. The molecule has 0 aliphatic heterocycles. The highest BCUT2D eigenvalue weighted by Gasteiger charge is 2.16. The zero-order valence-electron chi connectivity index (χ0n) is 12.9. The first-order chi connectivity index (χ1) is 9.90. The highest BCUT2D eigenvalue weighted by atomic mass is 19.1. The van der Waals surface area contributed by atoms with Crippen molar-refractivity contribution < 1.29 is 9.18 Å². The minimum atomic E-state index is -0.265. The van der Waals surface area contributed by atoms with Crippen LogP contribution in [0.25, 0.3) is 5.69 Å². The van der Waals surface area contributed by atoms with Gasteiger partial charge in [0.25, 0.3) is 0 Å². The lowest BCUT2D eigenvalue weighted by Gasteiger charge is -2.10. The Kier molecular flexibility index (Phi) is 4.58. The largest absolute Gasteiger partial charge is 0.318 e. The van der Waals surface area contributed by atoms with Crippen molar-refractivity contribution in [1.29, 1.82) is 0 Å². The summed E-state index contributed by atoms with van der Waals surface area (Å²) in [6, 6.07) is 8.45. The smallest absolute Gasteiger partial charge is 0.178 e. The maximum Gasteiger partial charge on any atom is 0.178 e. The SMILES string of the molecule is Cc1cc(C(=O)CNC(C)C)c(C)n1-c1ccc(F)cc1. The molecule has 1 heterocycles. The average molecular weight is 288 g/mol. The molecule has 2 aromatic rings.